The molecule has 1 amide bonds. The van der Waals surface area contributed by atoms with Crippen molar-refractivity contribution in [3.05, 3.63) is 63.1 Å². The van der Waals surface area contributed by atoms with Gasteiger partial charge in [0.15, 0.2) is 0 Å². The number of carbonyl (C=O) groups excluding carboxylic acids is 2. The van der Waals surface area contributed by atoms with Crippen LogP contribution in [-0.4, -0.2) is 29.6 Å². The third kappa shape index (κ3) is 4.50. The average molecular weight is 539 g/mol. The topological polar surface area (TPSA) is 67.4 Å². The highest BCUT2D eigenvalue weighted by atomic mass is 35.5. The monoisotopic (exact) mass is 538 g/mol. The lowest BCUT2D eigenvalue weighted by Crippen LogP contribution is -2.50. The number of esters is 1. The van der Waals surface area contributed by atoms with E-state index in [9.17, 15) is 9.59 Å². The van der Waals surface area contributed by atoms with E-state index in [0.29, 0.717) is 6.42 Å². The van der Waals surface area contributed by atoms with Crippen LogP contribution < -0.4 is 10.6 Å². The molecular formula is C27H30Cl2F2N2O3. The average Bonchev–Trinajstić information content (AvgIpc) is 3.17. The molecular weight excluding hydrogens is 509 g/mol. The lowest BCUT2D eigenvalue weighted by Gasteiger charge is -2.37. The molecule has 0 saturated carbocycles. The number of hydrogen-bond donors (Lipinski definition) is 2. The summed E-state index contributed by atoms with van der Waals surface area (Å²) in [5, 5.41) is 5.97. The number of benzene rings is 2. The molecule has 1 fully saturated rings. The zero-order chi connectivity index (χ0) is 26.8. The van der Waals surface area contributed by atoms with Crippen molar-refractivity contribution >= 4 is 40.8 Å². The summed E-state index contributed by atoms with van der Waals surface area (Å²) in [7, 11) is 0. The van der Waals surface area contributed by atoms with Crippen LogP contribution >= 0.6 is 23.2 Å². The molecule has 2 aromatic rings. The lowest BCUT2D eigenvalue weighted by atomic mass is 9.62. The molecule has 0 radical (unpaired) electrons. The molecule has 4 rings (SSSR count). The summed E-state index contributed by atoms with van der Waals surface area (Å²) in [5.41, 5.74) is -2.59. The predicted molar refractivity (Wildman–Crippen MR) is 136 cm³/mol. The second-order valence-corrected chi connectivity index (χ2v) is 12.6. The van der Waals surface area contributed by atoms with Crippen LogP contribution in [0.3, 0.4) is 0 Å². The van der Waals surface area contributed by atoms with Crippen LogP contribution in [0.2, 0.25) is 10.0 Å². The Bertz CT molecular complexity index is 1240. The predicted octanol–water partition coefficient (Wildman–Crippen LogP) is 6.36. The van der Waals surface area contributed by atoms with Gasteiger partial charge in [0.05, 0.1) is 5.02 Å². The van der Waals surface area contributed by atoms with E-state index in [1.165, 1.54) is 18.2 Å². The van der Waals surface area contributed by atoms with E-state index in [0.717, 1.165) is 6.07 Å². The Morgan fingerprint density at radius 3 is 2.39 bits per heavy atom. The van der Waals surface area contributed by atoms with Crippen LogP contribution in [0.15, 0.2) is 30.3 Å². The normalized spacial score (nSPS) is 25.7. The number of nitrogens with one attached hydrogen (secondary N) is 2. The molecule has 2 heterocycles. The summed E-state index contributed by atoms with van der Waals surface area (Å²) >= 11 is 12.3. The number of rotatable bonds is 3. The maximum absolute atomic E-state index is 15.8. The van der Waals surface area contributed by atoms with Gasteiger partial charge >= 0.3 is 5.97 Å². The molecule has 0 aliphatic carbocycles. The van der Waals surface area contributed by atoms with Crippen LogP contribution in [0.4, 0.5) is 14.5 Å². The lowest BCUT2D eigenvalue weighted by molar-refractivity contribution is -0.157. The van der Waals surface area contributed by atoms with Gasteiger partial charge in [0.1, 0.15) is 28.7 Å². The van der Waals surface area contributed by atoms with E-state index in [4.69, 9.17) is 27.9 Å². The number of anilines is 1. The molecule has 2 N–H and O–H groups in total. The quantitative estimate of drug-likeness (QED) is 0.446. The van der Waals surface area contributed by atoms with Crippen molar-refractivity contribution in [3.8, 4) is 0 Å². The zero-order valence-electron chi connectivity index (χ0n) is 21.1. The molecule has 2 aromatic carbocycles. The highest BCUT2D eigenvalue weighted by Gasteiger charge is 2.67. The maximum atomic E-state index is 15.8. The first-order chi connectivity index (χ1) is 16.6. The van der Waals surface area contributed by atoms with Gasteiger partial charge in [-0.25, -0.2) is 8.78 Å². The summed E-state index contributed by atoms with van der Waals surface area (Å²) in [6.45, 7) is 11.1. The standard InChI is InChI=1S/C27H30Cl2F2N2O3/c1-25(2,3)12-18-27(20-16(30)10-13(28)11-17(20)32-24(27)35)19(14-8-7-9-15(29)21(14)31)22(33-18)23(34)36-26(4,5)6/h7-11,18-19,22,33H,12H2,1-6H3,(H,32,35)/t18-,19-,22+,27?/m0/s1. The second kappa shape index (κ2) is 8.96. The molecule has 0 bridgehead atoms. The van der Waals surface area contributed by atoms with Crippen molar-refractivity contribution < 1.29 is 23.1 Å². The number of fused-ring (bicyclic) bond motifs is 2. The highest BCUT2D eigenvalue weighted by molar-refractivity contribution is 6.31. The Labute approximate surface area is 219 Å². The summed E-state index contributed by atoms with van der Waals surface area (Å²) in [6, 6.07) is 5.10. The Balaban J connectivity index is 2.05. The van der Waals surface area contributed by atoms with E-state index in [2.05, 4.69) is 10.6 Å². The van der Waals surface area contributed by atoms with Gasteiger partial charge in [-0.05, 0) is 56.4 Å². The summed E-state index contributed by atoms with van der Waals surface area (Å²) < 4.78 is 37.1. The van der Waals surface area contributed by atoms with Gasteiger partial charge in [0.2, 0.25) is 5.91 Å². The number of ether oxygens (including phenoxy) is 1. The third-order valence-corrected chi connectivity index (χ3v) is 7.15. The van der Waals surface area contributed by atoms with Crippen LogP contribution in [0.25, 0.3) is 0 Å². The Kier molecular flexibility index (Phi) is 6.68. The molecule has 1 spiro atoms. The molecule has 36 heavy (non-hydrogen) atoms. The number of halogens is 4. The largest absolute Gasteiger partial charge is 0.459 e. The fourth-order valence-corrected chi connectivity index (χ4v) is 5.96. The van der Waals surface area contributed by atoms with E-state index in [1.54, 1.807) is 26.8 Å². The summed E-state index contributed by atoms with van der Waals surface area (Å²) in [4.78, 5) is 27.5. The minimum Gasteiger partial charge on any atom is -0.459 e. The molecule has 9 heteroatoms. The minimum atomic E-state index is -1.68. The van der Waals surface area contributed by atoms with E-state index in [1.807, 2.05) is 20.8 Å². The number of hydrogen-bond acceptors (Lipinski definition) is 4. The van der Waals surface area contributed by atoms with Crippen molar-refractivity contribution in [2.24, 2.45) is 5.41 Å². The van der Waals surface area contributed by atoms with Crippen molar-refractivity contribution in [1.29, 1.82) is 0 Å². The van der Waals surface area contributed by atoms with Crippen molar-refractivity contribution in [2.75, 3.05) is 5.32 Å². The first kappa shape index (κ1) is 26.8. The van der Waals surface area contributed by atoms with Crippen LogP contribution in [-0.2, 0) is 19.7 Å². The zero-order valence-corrected chi connectivity index (χ0v) is 22.6. The van der Waals surface area contributed by atoms with E-state index >= 15 is 8.78 Å². The Morgan fingerprint density at radius 1 is 1.11 bits per heavy atom. The second-order valence-electron chi connectivity index (χ2n) is 11.7. The van der Waals surface area contributed by atoms with E-state index in [-0.39, 0.29) is 32.3 Å². The molecule has 194 valence electrons. The van der Waals surface area contributed by atoms with E-state index < -0.39 is 52.5 Å². The van der Waals surface area contributed by atoms with Gasteiger partial charge < -0.3 is 10.1 Å². The van der Waals surface area contributed by atoms with Gasteiger partial charge in [0, 0.05) is 28.2 Å². The number of carbonyl (C=O) groups is 2. The summed E-state index contributed by atoms with van der Waals surface area (Å²) in [5.74, 6) is -3.86. The summed E-state index contributed by atoms with van der Waals surface area (Å²) in [6.07, 6.45) is 0.375. The van der Waals surface area contributed by atoms with Gasteiger partial charge in [-0.3, -0.25) is 14.9 Å². The van der Waals surface area contributed by atoms with Crippen molar-refractivity contribution in [3.63, 3.8) is 0 Å². The third-order valence-electron chi connectivity index (χ3n) is 6.64. The Hall–Kier alpha value is -2.22. The SMILES string of the molecule is CC(C)(C)C[C@@H]1N[C@@H](C(=O)OC(C)(C)C)[C@H](c2cccc(Cl)c2F)C12C(=O)Nc1cc(Cl)cc(F)c12. The fourth-order valence-electron chi connectivity index (χ4n) is 5.57. The highest BCUT2D eigenvalue weighted by Crippen LogP contribution is 2.58. The van der Waals surface area contributed by atoms with Gasteiger partial charge in [-0.1, -0.05) is 56.1 Å². The molecule has 0 aromatic heterocycles. The molecule has 2 aliphatic heterocycles. The first-order valence-corrected chi connectivity index (χ1v) is 12.6. The van der Waals surface area contributed by atoms with Crippen LogP contribution in [0.5, 0.6) is 0 Å². The molecule has 4 atom stereocenters. The van der Waals surface area contributed by atoms with Crippen molar-refractivity contribution in [1.82, 2.24) is 5.32 Å². The minimum absolute atomic E-state index is 0.0274. The van der Waals surface area contributed by atoms with Gasteiger partial charge in [0.25, 0.3) is 0 Å². The fraction of sp³-hybridized carbons (Fsp3) is 0.481. The first-order valence-electron chi connectivity index (χ1n) is 11.8. The van der Waals surface area contributed by atoms with Gasteiger partial charge in [-0.15, -0.1) is 0 Å². The molecule has 2 aliphatic rings. The molecule has 1 saturated heterocycles. The molecule has 1 unspecified atom stereocenters. The maximum Gasteiger partial charge on any atom is 0.324 e. The number of amides is 1. The Morgan fingerprint density at radius 2 is 1.78 bits per heavy atom. The van der Waals surface area contributed by atoms with Crippen LogP contribution in [0.1, 0.15) is 65.0 Å². The smallest absolute Gasteiger partial charge is 0.324 e. The van der Waals surface area contributed by atoms with Crippen LogP contribution in [0, 0.1) is 17.0 Å². The molecule has 5 nitrogen and oxygen atoms in total. The van der Waals surface area contributed by atoms with Gasteiger partial charge in [-0.2, -0.15) is 0 Å². The van der Waals surface area contributed by atoms with Crippen molar-refractivity contribution in [2.45, 2.75) is 77.0 Å².